The Kier molecular flexibility index (Phi) is 7.37. The summed E-state index contributed by atoms with van der Waals surface area (Å²) in [6, 6.07) is 10.4. The van der Waals surface area contributed by atoms with Crippen LogP contribution in [0, 0.1) is 5.92 Å². The van der Waals surface area contributed by atoms with Crippen molar-refractivity contribution in [1.82, 2.24) is 0 Å². The molecule has 3 rings (SSSR count). The molecule has 0 amide bonds. The normalized spacial score (nSPS) is 31.2. The summed E-state index contributed by atoms with van der Waals surface area (Å²) in [5, 5.41) is 11.4. The van der Waals surface area contributed by atoms with Gasteiger partial charge in [-0.1, -0.05) is 85.7 Å². The van der Waals surface area contributed by atoms with Crippen LogP contribution in [0.25, 0.3) is 0 Å². The first kappa shape index (κ1) is 24.1. The Morgan fingerprint density at radius 1 is 0.833 bits per heavy atom. The van der Waals surface area contributed by atoms with Crippen molar-refractivity contribution in [2.75, 3.05) is 6.61 Å². The Bertz CT molecular complexity index is 676. The second-order valence-electron chi connectivity index (χ2n) is 10.6. The molecule has 1 saturated carbocycles. The van der Waals surface area contributed by atoms with Crippen molar-refractivity contribution >= 4 is 17.1 Å². The summed E-state index contributed by atoms with van der Waals surface area (Å²) in [4.78, 5) is 0. The van der Waals surface area contributed by atoms with Crippen molar-refractivity contribution in [3.05, 3.63) is 35.9 Å². The topological polar surface area (TPSA) is 47.9 Å². The van der Waals surface area contributed by atoms with Gasteiger partial charge in [0.15, 0.2) is 0 Å². The molecule has 6 heteroatoms. The molecule has 170 valence electrons. The van der Waals surface area contributed by atoms with E-state index < -0.39 is 23.2 Å². The Hall–Kier alpha value is -0.506. The second kappa shape index (κ2) is 9.16. The molecule has 0 aromatic heterocycles. The van der Waals surface area contributed by atoms with Crippen LogP contribution in [-0.4, -0.2) is 41.0 Å². The van der Waals surface area contributed by atoms with Gasteiger partial charge >= 0.3 is 17.1 Å². The fraction of sp³-hybridized carbons (Fsp3) is 0.750. The van der Waals surface area contributed by atoms with E-state index in [1.54, 1.807) is 0 Å². The molecule has 1 heterocycles. The fourth-order valence-corrected chi connectivity index (χ4v) is 16.9. The third-order valence-electron chi connectivity index (χ3n) is 7.38. The lowest BCUT2D eigenvalue weighted by Gasteiger charge is -2.51. The zero-order valence-corrected chi connectivity index (χ0v) is 22.1. The van der Waals surface area contributed by atoms with Crippen LogP contribution in [-0.2, 0) is 13.0 Å². The minimum absolute atomic E-state index is 0.0862. The summed E-state index contributed by atoms with van der Waals surface area (Å²) in [6.07, 6.45) is 0.149. The Labute approximate surface area is 185 Å². The highest BCUT2D eigenvalue weighted by Crippen LogP contribution is 2.50. The van der Waals surface area contributed by atoms with Crippen LogP contribution in [0.5, 0.6) is 0 Å². The predicted molar refractivity (Wildman–Crippen MR) is 127 cm³/mol. The summed E-state index contributed by atoms with van der Waals surface area (Å²) in [5.74, 6) is 0.283. The molecule has 4 nitrogen and oxygen atoms in total. The lowest BCUT2D eigenvalue weighted by atomic mass is 9.95. The quantitative estimate of drug-likeness (QED) is 0.550. The molecule has 1 saturated heterocycles. The van der Waals surface area contributed by atoms with Gasteiger partial charge in [-0.3, -0.25) is 0 Å². The van der Waals surface area contributed by atoms with Gasteiger partial charge in [-0.15, -0.1) is 0 Å². The highest BCUT2D eigenvalue weighted by molar-refractivity contribution is 6.83. The summed E-state index contributed by atoms with van der Waals surface area (Å²) >= 11 is 0. The van der Waals surface area contributed by atoms with Gasteiger partial charge in [-0.25, -0.2) is 0 Å². The zero-order chi connectivity index (χ0) is 22.3. The summed E-state index contributed by atoms with van der Waals surface area (Å²) in [5.41, 5.74) is 2.45. The monoisotopic (exact) mass is 450 g/mol. The van der Waals surface area contributed by atoms with Crippen LogP contribution in [0.15, 0.2) is 30.3 Å². The number of hydrogen-bond donors (Lipinski definition) is 1. The molecule has 30 heavy (non-hydrogen) atoms. The van der Waals surface area contributed by atoms with Gasteiger partial charge in [0, 0.05) is 18.4 Å². The number of hydrogen-bond acceptors (Lipinski definition) is 4. The molecule has 1 N–H and O–H groups in total. The molecular formula is C24H42O4Si2. The minimum atomic E-state index is -2.66. The van der Waals surface area contributed by atoms with Gasteiger partial charge in [-0.05, 0) is 34.1 Å². The number of aliphatic hydroxyl groups is 1. The zero-order valence-electron chi connectivity index (χ0n) is 20.1. The van der Waals surface area contributed by atoms with Crippen LogP contribution in [0.4, 0.5) is 0 Å². The molecule has 2 fully saturated rings. The minimum Gasteiger partial charge on any atom is -0.414 e. The fourth-order valence-electron chi connectivity index (χ4n) is 5.63. The maximum atomic E-state index is 11.4. The first-order valence-electron chi connectivity index (χ1n) is 11.8. The first-order chi connectivity index (χ1) is 14.0. The van der Waals surface area contributed by atoms with Crippen molar-refractivity contribution in [3.8, 4) is 0 Å². The van der Waals surface area contributed by atoms with Crippen LogP contribution >= 0.6 is 0 Å². The van der Waals surface area contributed by atoms with Crippen molar-refractivity contribution < 1.29 is 18.1 Å². The number of rotatable bonds is 5. The van der Waals surface area contributed by atoms with E-state index in [1.807, 2.05) is 6.07 Å². The highest BCUT2D eigenvalue weighted by Gasteiger charge is 2.61. The van der Waals surface area contributed by atoms with Crippen molar-refractivity contribution in [1.29, 1.82) is 0 Å². The molecule has 1 aromatic rings. The van der Waals surface area contributed by atoms with E-state index in [2.05, 4.69) is 79.7 Å². The van der Waals surface area contributed by atoms with E-state index in [1.165, 1.54) is 5.56 Å². The van der Waals surface area contributed by atoms with Crippen molar-refractivity contribution in [2.24, 2.45) is 5.92 Å². The van der Waals surface area contributed by atoms with E-state index in [0.717, 1.165) is 6.42 Å². The molecule has 4 atom stereocenters. The average Bonchev–Trinajstić information content (AvgIpc) is 2.96. The summed E-state index contributed by atoms with van der Waals surface area (Å²) in [7, 11) is -5.17. The third-order valence-corrected chi connectivity index (χ3v) is 17.6. The van der Waals surface area contributed by atoms with Gasteiger partial charge in [0.1, 0.15) is 0 Å². The lowest BCUT2D eigenvalue weighted by Crippen LogP contribution is -2.65. The van der Waals surface area contributed by atoms with Crippen molar-refractivity contribution in [2.45, 2.75) is 102 Å². The molecule has 1 aromatic carbocycles. The Morgan fingerprint density at radius 3 is 1.87 bits per heavy atom. The van der Waals surface area contributed by atoms with Gasteiger partial charge in [0.2, 0.25) is 0 Å². The first-order valence-corrected chi connectivity index (χ1v) is 15.7. The van der Waals surface area contributed by atoms with Gasteiger partial charge in [0.25, 0.3) is 0 Å². The van der Waals surface area contributed by atoms with Gasteiger partial charge < -0.3 is 18.1 Å². The molecule has 1 aliphatic heterocycles. The average molecular weight is 451 g/mol. The predicted octanol–water partition coefficient (Wildman–Crippen LogP) is 6.11. The molecule has 0 bridgehead atoms. The van der Waals surface area contributed by atoms with E-state index in [4.69, 9.17) is 13.0 Å². The molecular weight excluding hydrogens is 408 g/mol. The molecule has 0 radical (unpaired) electrons. The van der Waals surface area contributed by atoms with E-state index >= 15 is 0 Å². The molecule has 0 unspecified atom stereocenters. The second-order valence-corrected chi connectivity index (χ2v) is 19.4. The summed E-state index contributed by atoms with van der Waals surface area (Å²) < 4.78 is 21.2. The SMILES string of the molecule is CC(C)[Si]1(C(C)C)OC[C@H]2C[C@@H](c3ccccc3)[C@@H](O)[C@@H]2O[Si](C(C)C)(C(C)C)O1. The molecule has 2 aliphatic rings. The summed E-state index contributed by atoms with van der Waals surface area (Å²) in [6.45, 7) is 18.6. The van der Waals surface area contributed by atoms with E-state index in [0.29, 0.717) is 17.7 Å². The smallest absolute Gasteiger partial charge is 0.335 e. The van der Waals surface area contributed by atoms with Crippen molar-refractivity contribution in [3.63, 3.8) is 0 Å². The number of benzene rings is 1. The van der Waals surface area contributed by atoms with Gasteiger partial charge in [0.05, 0.1) is 12.2 Å². The van der Waals surface area contributed by atoms with Crippen LogP contribution < -0.4 is 0 Å². The lowest BCUT2D eigenvalue weighted by molar-refractivity contribution is -0.0202. The highest BCUT2D eigenvalue weighted by atomic mass is 28.5. The maximum Gasteiger partial charge on any atom is 0.335 e. The Balaban J connectivity index is 2.04. The largest absolute Gasteiger partial charge is 0.414 e. The molecule has 0 spiro atoms. The van der Waals surface area contributed by atoms with E-state index in [9.17, 15) is 5.11 Å². The van der Waals surface area contributed by atoms with E-state index in [-0.39, 0.29) is 29.0 Å². The van der Waals surface area contributed by atoms with Gasteiger partial charge in [-0.2, -0.15) is 0 Å². The number of aliphatic hydroxyl groups excluding tert-OH is 1. The van der Waals surface area contributed by atoms with Crippen LogP contribution in [0.1, 0.15) is 73.3 Å². The van der Waals surface area contributed by atoms with Crippen LogP contribution in [0.2, 0.25) is 22.2 Å². The number of fused-ring (bicyclic) bond motifs is 1. The Morgan fingerprint density at radius 2 is 1.37 bits per heavy atom. The van der Waals surface area contributed by atoms with Crippen LogP contribution in [0.3, 0.4) is 0 Å². The maximum absolute atomic E-state index is 11.4. The third kappa shape index (κ3) is 4.11. The standard InChI is InChI=1S/C24H42O4Si2/c1-16(2)29(17(3)4)26-15-21-14-22(20-12-10-9-11-13-20)23(25)24(21)27-30(28-29,18(5)6)19(7)8/h9-13,16-19,21-25H,14-15H2,1-8H3/t21-,22+,23-,24-/m1/s1. The molecule has 1 aliphatic carbocycles.